The van der Waals surface area contributed by atoms with E-state index in [1.165, 1.54) is 0 Å². The molecular weight excluding hydrogens is 448 g/mol. The summed E-state index contributed by atoms with van der Waals surface area (Å²) in [5.74, 6) is -2.24. The normalized spacial score (nSPS) is 13.5. The van der Waals surface area contributed by atoms with E-state index >= 15 is 0 Å². The highest BCUT2D eigenvalue weighted by molar-refractivity contribution is 7.80. The topological polar surface area (TPSA) is 98.7 Å². The van der Waals surface area contributed by atoms with Gasteiger partial charge in [-0.25, -0.2) is 0 Å². The molecule has 0 saturated carbocycles. The molecule has 0 bridgehead atoms. The van der Waals surface area contributed by atoms with Crippen molar-refractivity contribution in [2.24, 2.45) is 0 Å². The molecule has 2 atom stereocenters. The van der Waals surface area contributed by atoms with E-state index in [1.807, 2.05) is 62.4 Å². The fourth-order valence-electron chi connectivity index (χ4n) is 4.20. The molecule has 184 valence electrons. The summed E-state index contributed by atoms with van der Waals surface area (Å²) in [7, 11) is 0. The molecule has 0 amide bonds. The number of carboxylic acids is 2. The van der Waals surface area contributed by atoms with E-state index in [0.717, 1.165) is 42.4 Å². The number of unbranched alkanes of at least 4 members (excludes halogenated alkanes) is 2. The van der Waals surface area contributed by atoms with E-state index < -0.39 is 23.3 Å². The first kappa shape index (κ1) is 27.3. The van der Waals surface area contributed by atoms with Crippen LogP contribution in [0.3, 0.4) is 0 Å². The van der Waals surface area contributed by atoms with Crippen molar-refractivity contribution in [2.75, 3.05) is 11.9 Å². The Labute approximate surface area is 207 Å². The van der Waals surface area contributed by atoms with Crippen LogP contribution >= 0.6 is 12.2 Å². The number of aryl methyl sites for hydroxylation is 1. The van der Waals surface area contributed by atoms with E-state index in [9.17, 15) is 19.8 Å². The van der Waals surface area contributed by atoms with Crippen molar-refractivity contribution < 1.29 is 19.8 Å². The summed E-state index contributed by atoms with van der Waals surface area (Å²) in [5.41, 5.74) is 2.28. The Morgan fingerprint density at radius 1 is 1.03 bits per heavy atom. The molecule has 2 unspecified atom stereocenters. The number of carbonyl (C=O) groups is 2. The third-order valence-corrected chi connectivity index (χ3v) is 6.58. The van der Waals surface area contributed by atoms with Crippen molar-refractivity contribution in [2.45, 2.75) is 70.6 Å². The van der Waals surface area contributed by atoms with Crippen molar-refractivity contribution >= 4 is 35.0 Å². The molecule has 0 aliphatic carbocycles. The molecule has 0 aliphatic heterocycles. The molecule has 0 aliphatic rings. The molecule has 0 heterocycles. The molecule has 0 fully saturated rings. The zero-order valence-corrected chi connectivity index (χ0v) is 21.1. The van der Waals surface area contributed by atoms with E-state index in [2.05, 4.69) is 10.6 Å². The smallest absolute Gasteiger partial charge is 0.313 e. The summed E-state index contributed by atoms with van der Waals surface area (Å²) in [6, 6.07) is 15.0. The minimum Gasteiger partial charge on any atom is -0.481 e. The van der Waals surface area contributed by atoms with Crippen LogP contribution < -0.4 is 10.6 Å². The second-order valence-electron chi connectivity index (χ2n) is 8.91. The minimum absolute atomic E-state index is 0.426. The number of anilines is 1. The molecule has 4 N–H and O–H groups in total. The summed E-state index contributed by atoms with van der Waals surface area (Å²) in [6.45, 7) is 6.33. The molecule has 34 heavy (non-hydrogen) atoms. The Morgan fingerprint density at radius 3 is 2.35 bits per heavy atom. The second-order valence-corrected chi connectivity index (χ2v) is 9.32. The van der Waals surface area contributed by atoms with Crippen molar-refractivity contribution in [1.82, 2.24) is 5.32 Å². The molecule has 0 saturated heterocycles. The van der Waals surface area contributed by atoms with Crippen molar-refractivity contribution in [3.05, 3.63) is 65.2 Å². The van der Waals surface area contributed by atoms with Crippen LogP contribution in [0, 0.1) is 6.92 Å². The highest BCUT2D eigenvalue weighted by Crippen LogP contribution is 2.32. The van der Waals surface area contributed by atoms with Crippen LogP contribution in [0.25, 0.3) is 0 Å². The van der Waals surface area contributed by atoms with Gasteiger partial charge in [-0.3, -0.25) is 9.59 Å². The van der Waals surface area contributed by atoms with Gasteiger partial charge in [-0.15, -0.1) is 0 Å². The summed E-state index contributed by atoms with van der Waals surface area (Å²) in [4.78, 5) is 23.9. The van der Waals surface area contributed by atoms with Gasteiger partial charge in [0, 0.05) is 12.2 Å². The highest BCUT2D eigenvalue weighted by Gasteiger charge is 2.34. The van der Waals surface area contributed by atoms with Gasteiger partial charge in [-0.2, -0.15) is 0 Å². The predicted molar refractivity (Wildman–Crippen MR) is 141 cm³/mol. The number of nitrogens with one attached hydrogen (secondary N) is 2. The summed E-state index contributed by atoms with van der Waals surface area (Å²) in [5, 5.41) is 26.4. The standard InChI is InChI=1S/C27H36N2O4S/c1-4-5-15-21(24(30)31)23-19(2)12-11-16-22(23)29-26(34)28-18-10-9-17-27(3,25(32)33)20-13-7-6-8-14-20/h6-8,11-14,16,21H,4-5,9-10,15,17-18H2,1-3H3,(H,30,31)(H,32,33)(H2,28,29,34). The first-order chi connectivity index (χ1) is 16.2. The van der Waals surface area contributed by atoms with Gasteiger partial charge in [-0.1, -0.05) is 68.7 Å². The molecule has 7 heteroatoms. The number of aliphatic carboxylic acids is 2. The first-order valence-corrected chi connectivity index (χ1v) is 12.3. The minimum atomic E-state index is -0.930. The Balaban J connectivity index is 1.94. The van der Waals surface area contributed by atoms with Gasteiger partial charge in [0.2, 0.25) is 0 Å². The number of hydrogen-bond donors (Lipinski definition) is 4. The largest absolute Gasteiger partial charge is 0.481 e. The van der Waals surface area contributed by atoms with E-state index in [0.29, 0.717) is 30.2 Å². The highest BCUT2D eigenvalue weighted by atomic mass is 32.1. The van der Waals surface area contributed by atoms with Crippen molar-refractivity contribution in [3.63, 3.8) is 0 Å². The quantitative estimate of drug-likeness (QED) is 0.209. The molecule has 0 radical (unpaired) electrons. The van der Waals surface area contributed by atoms with Crippen LogP contribution in [-0.4, -0.2) is 33.8 Å². The van der Waals surface area contributed by atoms with Crippen LogP contribution in [-0.2, 0) is 15.0 Å². The van der Waals surface area contributed by atoms with Crippen LogP contribution in [0.5, 0.6) is 0 Å². The average molecular weight is 485 g/mol. The van der Waals surface area contributed by atoms with Gasteiger partial charge in [0.25, 0.3) is 0 Å². The van der Waals surface area contributed by atoms with Gasteiger partial charge >= 0.3 is 11.9 Å². The predicted octanol–water partition coefficient (Wildman–Crippen LogP) is 5.85. The SMILES string of the molecule is CCCCC(C(=O)O)c1c(C)cccc1NC(=S)NCCCCC(C)(C(=O)O)c1ccccc1. The number of carboxylic acid groups (broad SMARTS) is 2. The Bertz CT molecular complexity index is 980. The van der Waals surface area contributed by atoms with Crippen LogP contribution in [0.2, 0.25) is 0 Å². The first-order valence-electron chi connectivity index (χ1n) is 11.9. The Morgan fingerprint density at radius 2 is 1.74 bits per heavy atom. The molecule has 2 rings (SSSR count). The van der Waals surface area contributed by atoms with Crippen molar-refractivity contribution in [3.8, 4) is 0 Å². The Hall–Kier alpha value is -2.93. The van der Waals surface area contributed by atoms with E-state index in [4.69, 9.17) is 12.2 Å². The summed E-state index contributed by atoms with van der Waals surface area (Å²) >= 11 is 5.46. The maximum absolute atomic E-state index is 12.0. The maximum Gasteiger partial charge on any atom is 0.313 e. The lowest BCUT2D eigenvalue weighted by Gasteiger charge is -2.25. The fraction of sp³-hybridized carbons (Fsp3) is 0.444. The zero-order valence-electron chi connectivity index (χ0n) is 20.3. The molecule has 2 aromatic rings. The van der Waals surface area contributed by atoms with E-state index in [1.54, 1.807) is 6.92 Å². The van der Waals surface area contributed by atoms with Crippen molar-refractivity contribution in [1.29, 1.82) is 0 Å². The fourth-order valence-corrected chi connectivity index (χ4v) is 4.42. The number of hydrogen-bond acceptors (Lipinski definition) is 3. The van der Waals surface area contributed by atoms with Gasteiger partial charge in [0.05, 0.1) is 11.3 Å². The average Bonchev–Trinajstić information content (AvgIpc) is 2.80. The second kappa shape index (κ2) is 13.1. The maximum atomic E-state index is 12.0. The van der Waals surface area contributed by atoms with Gasteiger partial charge < -0.3 is 20.8 Å². The molecule has 0 aromatic heterocycles. The summed E-state index contributed by atoms with van der Waals surface area (Å²) in [6.07, 6.45) is 4.35. The van der Waals surface area contributed by atoms with E-state index in [-0.39, 0.29) is 0 Å². The van der Waals surface area contributed by atoms with Gasteiger partial charge in [0.1, 0.15) is 0 Å². The van der Waals surface area contributed by atoms with Gasteiger partial charge in [-0.05, 0) is 68.1 Å². The monoisotopic (exact) mass is 484 g/mol. The molecule has 6 nitrogen and oxygen atoms in total. The van der Waals surface area contributed by atoms with Crippen LogP contribution in [0.15, 0.2) is 48.5 Å². The Kier molecular flexibility index (Phi) is 10.5. The van der Waals surface area contributed by atoms with Gasteiger partial charge in [0.15, 0.2) is 5.11 Å². The molecule has 0 spiro atoms. The molecular formula is C27H36N2O4S. The number of thiocarbonyl (C=S) groups is 1. The lowest BCUT2D eigenvalue weighted by molar-refractivity contribution is -0.143. The lowest BCUT2D eigenvalue weighted by atomic mass is 9.78. The lowest BCUT2D eigenvalue weighted by Crippen LogP contribution is -2.33. The number of rotatable bonds is 13. The number of benzene rings is 2. The summed E-state index contributed by atoms with van der Waals surface area (Å²) < 4.78 is 0. The van der Waals surface area contributed by atoms with Crippen LogP contribution in [0.4, 0.5) is 5.69 Å². The third kappa shape index (κ3) is 7.29. The molecule has 2 aromatic carbocycles. The van der Waals surface area contributed by atoms with Crippen LogP contribution in [0.1, 0.15) is 75.0 Å². The third-order valence-electron chi connectivity index (χ3n) is 6.34. The zero-order chi connectivity index (χ0) is 25.1.